The van der Waals surface area contributed by atoms with Gasteiger partial charge in [0, 0.05) is 25.5 Å². The predicted octanol–water partition coefficient (Wildman–Crippen LogP) is 0.536. The molecule has 1 saturated heterocycles. The van der Waals surface area contributed by atoms with Crippen molar-refractivity contribution in [2.45, 2.75) is 19.1 Å². The van der Waals surface area contributed by atoms with Gasteiger partial charge < -0.3 is 15.4 Å². The Kier molecular flexibility index (Phi) is 4.82. The van der Waals surface area contributed by atoms with Gasteiger partial charge in [-0.2, -0.15) is 5.10 Å². The van der Waals surface area contributed by atoms with E-state index in [1.165, 1.54) is 0 Å². The fourth-order valence-electron chi connectivity index (χ4n) is 2.49. The van der Waals surface area contributed by atoms with E-state index in [-0.39, 0.29) is 11.9 Å². The van der Waals surface area contributed by atoms with Gasteiger partial charge in [-0.1, -0.05) is 24.3 Å². The van der Waals surface area contributed by atoms with E-state index in [1.54, 1.807) is 6.20 Å². The number of hydrogen-bond acceptors (Lipinski definition) is 4. The predicted molar refractivity (Wildman–Crippen MR) is 82.2 cm³/mol. The van der Waals surface area contributed by atoms with Crippen molar-refractivity contribution >= 4 is 5.91 Å². The summed E-state index contributed by atoms with van der Waals surface area (Å²) in [6, 6.07) is 9.72. The van der Waals surface area contributed by atoms with E-state index in [9.17, 15) is 4.79 Å². The molecule has 22 heavy (non-hydrogen) atoms. The van der Waals surface area contributed by atoms with Crippen LogP contribution in [-0.4, -0.2) is 41.5 Å². The maximum atomic E-state index is 12.1. The molecule has 0 radical (unpaired) electrons. The van der Waals surface area contributed by atoms with Crippen LogP contribution in [0.4, 0.5) is 0 Å². The summed E-state index contributed by atoms with van der Waals surface area (Å²) in [6.45, 7) is 3.02. The molecule has 0 saturated carbocycles. The Hall–Kier alpha value is -2.18. The largest absolute Gasteiger partial charge is 0.378 e. The molecule has 1 atom stereocenters. The molecule has 2 N–H and O–H groups in total. The maximum Gasteiger partial charge on any atom is 0.239 e. The molecule has 1 aliphatic heterocycles. The van der Waals surface area contributed by atoms with Gasteiger partial charge in [0.1, 0.15) is 6.04 Å². The Bertz CT molecular complexity index is 606. The number of nitrogens with zero attached hydrogens (tertiary/aromatic N) is 2. The Morgan fingerprint density at radius 1 is 1.36 bits per heavy atom. The first kappa shape index (κ1) is 14.7. The molecule has 116 valence electrons. The van der Waals surface area contributed by atoms with Crippen molar-refractivity contribution in [1.29, 1.82) is 0 Å². The third-order valence-electron chi connectivity index (χ3n) is 3.70. The molecule has 0 bridgehead atoms. The average molecular weight is 300 g/mol. The highest BCUT2D eigenvalue weighted by Gasteiger charge is 2.20. The number of ether oxygens (including phenoxy) is 1. The van der Waals surface area contributed by atoms with Gasteiger partial charge in [-0.25, -0.2) is 0 Å². The minimum atomic E-state index is -0.257. The van der Waals surface area contributed by atoms with Crippen molar-refractivity contribution in [2.24, 2.45) is 0 Å². The normalized spacial score (nSPS) is 18.1. The maximum absolute atomic E-state index is 12.1. The quantitative estimate of drug-likeness (QED) is 0.845. The molecule has 1 unspecified atom stereocenters. The zero-order valence-corrected chi connectivity index (χ0v) is 12.4. The Balaban J connectivity index is 1.61. The van der Waals surface area contributed by atoms with Crippen molar-refractivity contribution in [3.63, 3.8) is 0 Å². The van der Waals surface area contributed by atoms with Crippen LogP contribution in [0.25, 0.3) is 0 Å². The van der Waals surface area contributed by atoms with Crippen molar-refractivity contribution in [2.75, 3.05) is 19.8 Å². The molecule has 1 fully saturated rings. The summed E-state index contributed by atoms with van der Waals surface area (Å²) in [7, 11) is 0. The van der Waals surface area contributed by atoms with Gasteiger partial charge in [0.15, 0.2) is 0 Å². The van der Waals surface area contributed by atoms with Gasteiger partial charge >= 0.3 is 0 Å². The lowest BCUT2D eigenvalue weighted by Gasteiger charge is -2.23. The van der Waals surface area contributed by atoms with Gasteiger partial charge in [0.05, 0.1) is 19.8 Å². The Morgan fingerprint density at radius 3 is 2.95 bits per heavy atom. The highest BCUT2D eigenvalue weighted by molar-refractivity contribution is 5.82. The van der Waals surface area contributed by atoms with Crippen LogP contribution in [0.15, 0.2) is 42.7 Å². The molecule has 2 aromatic rings. The second-order valence-electron chi connectivity index (χ2n) is 5.27. The van der Waals surface area contributed by atoms with Crippen molar-refractivity contribution in [3.8, 4) is 0 Å². The number of carbonyl (C=O) groups is 1. The summed E-state index contributed by atoms with van der Waals surface area (Å²) in [6.07, 6.45) is 3.69. The first-order valence-corrected chi connectivity index (χ1v) is 7.46. The zero-order valence-electron chi connectivity index (χ0n) is 12.4. The van der Waals surface area contributed by atoms with Crippen LogP contribution in [0.5, 0.6) is 0 Å². The first-order valence-electron chi connectivity index (χ1n) is 7.46. The standard InChI is InChI=1S/C16H20N4O2/c21-16(15-12-22-9-7-17-15)18-10-13-4-1-2-5-14(13)11-20-8-3-6-19-20/h1-6,8,15,17H,7,9-12H2,(H,18,21). The van der Waals surface area contributed by atoms with E-state index >= 15 is 0 Å². The van der Waals surface area contributed by atoms with E-state index in [4.69, 9.17) is 4.74 Å². The molecule has 1 aromatic carbocycles. The molecule has 6 nitrogen and oxygen atoms in total. The average Bonchev–Trinajstić information content (AvgIpc) is 3.07. The Morgan fingerprint density at radius 2 is 2.23 bits per heavy atom. The van der Waals surface area contributed by atoms with Crippen molar-refractivity contribution in [3.05, 3.63) is 53.9 Å². The van der Waals surface area contributed by atoms with Crippen molar-refractivity contribution < 1.29 is 9.53 Å². The second-order valence-corrected chi connectivity index (χ2v) is 5.27. The number of hydrogen-bond donors (Lipinski definition) is 2. The smallest absolute Gasteiger partial charge is 0.239 e. The summed E-state index contributed by atoms with van der Waals surface area (Å²) in [5.74, 6) is -0.0198. The van der Waals surface area contributed by atoms with E-state index < -0.39 is 0 Å². The topological polar surface area (TPSA) is 68.2 Å². The number of amides is 1. The van der Waals surface area contributed by atoms with Crippen LogP contribution in [-0.2, 0) is 22.6 Å². The molecule has 0 aliphatic carbocycles. The van der Waals surface area contributed by atoms with Crippen LogP contribution in [0.3, 0.4) is 0 Å². The zero-order chi connectivity index (χ0) is 15.2. The minimum absolute atomic E-state index is 0.0198. The summed E-state index contributed by atoms with van der Waals surface area (Å²) < 4.78 is 7.19. The fourth-order valence-corrected chi connectivity index (χ4v) is 2.49. The van der Waals surface area contributed by atoms with E-state index in [1.807, 2.05) is 35.1 Å². The molecule has 1 aromatic heterocycles. The molecule has 6 heteroatoms. The molecule has 0 spiro atoms. The first-order chi connectivity index (χ1) is 10.8. The van der Waals surface area contributed by atoms with Gasteiger partial charge in [-0.15, -0.1) is 0 Å². The van der Waals surface area contributed by atoms with Crippen LogP contribution in [0.1, 0.15) is 11.1 Å². The van der Waals surface area contributed by atoms with Gasteiger partial charge in [-0.3, -0.25) is 9.48 Å². The molecular weight excluding hydrogens is 280 g/mol. The van der Waals surface area contributed by atoms with Crippen LogP contribution in [0.2, 0.25) is 0 Å². The van der Waals surface area contributed by atoms with Gasteiger partial charge in [0.25, 0.3) is 0 Å². The molecular formula is C16H20N4O2. The summed E-state index contributed by atoms with van der Waals surface area (Å²) in [5, 5.41) is 10.4. The van der Waals surface area contributed by atoms with Gasteiger partial charge in [-0.05, 0) is 17.2 Å². The number of aromatic nitrogens is 2. The number of carbonyl (C=O) groups excluding carboxylic acids is 1. The summed E-state index contributed by atoms with van der Waals surface area (Å²) in [4.78, 5) is 12.1. The fraction of sp³-hybridized carbons (Fsp3) is 0.375. The molecule has 3 rings (SSSR count). The van der Waals surface area contributed by atoms with Crippen molar-refractivity contribution in [1.82, 2.24) is 20.4 Å². The highest BCUT2D eigenvalue weighted by Crippen LogP contribution is 2.10. The Labute approximate surface area is 129 Å². The third kappa shape index (κ3) is 3.72. The van der Waals surface area contributed by atoms with Crippen LogP contribution >= 0.6 is 0 Å². The second kappa shape index (κ2) is 7.20. The van der Waals surface area contributed by atoms with Crippen LogP contribution < -0.4 is 10.6 Å². The number of morpholine rings is 1. The SMILES string of the molecule is O=C(NCc1ccccc1Cn1cccn1)C1COCCN1. The molecule has 1 amide bonds. The molecule has 2 heterocycles. The number of nitrogens with one attached hydrogen (secondary N) is 2. The van der Waals surface area contributed by atoms with E-state index in [0.29, 0.717) is 32.8 Å². The number of rotatable bonds is 5. The van der Waals surface area contributed by atoms with E-state index in [0.717, 1.165) is 11.1 Å². The van der Waals surface area contributed by atoms with E-state index in [2.05, 4.69) is 21.8 Å². The monoisotopic (exact) mass is 300 g/mol. The van der Waals surface area contributed by atoms with Gasteiger partial charge in [0.2, 0.25) is 5.91 Å². The highest BCUT2D eigenvalue weighted by atomic mass is 16.5. The van der Waals surface area contributed by atoms with Crippen LogP contribution in [0, 0.1) is 0 Å². The molecule has 1 aliphatic rings. The number of benzene rings is 1. The third-order valence-corrected chi connectivity index (χ3v) is 3.70. The minimum Gasteiger partial charge on any atom is -0.378 e. The summed E-state index contributed by atoms with van der Waals surface area (Å²) >= 11 is 0. The lowest BCUT2D eigenvalue weighted by atomic mass is 10.1. The lowest BCUT2D eigenvalue weighted by Crippen LogP contribution is -2.51. The lowest BCUT2D eigenvalue weighted by molar-refractivity contribution is -0.126. The summed E-state index contributed by atoms with van der Waals surface area (Å²) in [5.41, 5.74) is 2.25.